The van der Waals surface area contributed by atoms with E-state index in [1.807, 2.05) is 50.2 Å². The molecule has 0 spiro atoms. The highest BCUT2D eigenvalue weighted by Gasteiger charge is 2.18. The van der Waals surface area contributed by atoms with Gasteiger partial charge in [0, 0.05) is 21.5 Å². The summed E-state index contributed by atoms with van der Waals surface area (Å²) < 4.78 is 21.1. The van der Waals surface area contributed by atoms with E-state index in [0.717, 1.165) is 32.7 Å². The maximum Gasteiger partial charge on any atom is 0.343 e. The van der Waals surface area contributed by atoms with E-state index in [0.29, 0.717) is 11.5 Å². The first-order valence-corrected chi connectivity index (χ1v) is 8.80. The first-order chi connectivity index (χ1) is 13.4. The Morgan fingerprint density at radius 2 is 1.07 bits per heavy atom. The summed E-state index contributed by atoms with van der Waals surface area (Å²) in [6.45, 7) is 3.53. The van der Waals surface area contributed by atoms with Crippen molar-refractivity contribution in [1.29, 1.82) is 0 Å². The SMILES string of the molecule is COC(=O)COc1c2ccc(C)cc2c(OCC(=O)OC)c2ccc(C)cc12. The van der Waals surface area contributed by atoms with Crippen LogP contribution in [0.25, 0.3) is 21.5 Å². The summed E-state index contributed by atoms with van der Waals surface area (Å²) in [6.07, 6.45) is 0. The van der Waals surface area contributed by atoms with E-state index < -0.39 is 11.9 Å². The molecule has 0 saturated heterocycles. The van der Waals surface area contributed by atoms with Crippen molar-refractivity contribution in [1.82, 2.24) is 0 Å². The molecule has 0 aliphatic heterocycles. The van der Waals surface area contributed by atoms with Crippen LogP contribution in [0.2, 0.25) is 0 Å². The van der Waals surface area contributed by atoms with Crippen LogP contribution in [-0.4, -0.2) is 39.4 Å². The maximum absolute atomic E-state index is 11.6. The number of rotatable bonds is 6. The van der Waals surface area contributed by atoms with E-state index in [1.54, 1.807) is 0 Å². The van der Waals surface area contributed by atoms with E-state index in [-0.39, 0.29) is 13.2 Å². The highest BCUT2D eigenvalue weighted by Crippen LogP contribution is 2.43. The van der Waals surface area contributed by atoms with Crippen LogP contribution in [0.4, 0.5) is 0 Å². The fourth-order valence-electron chi connectivity index (χ4n) is 3.07. The minimum Gasteiger partial charge on any atom is -0.481 e. The number of methoxy groups -OCH3 is 2. The molecular formula is C22H22O6. The molecule has 0 aromatic heterocycles. The van der Waals surface area contributed by atoms with Crippen LogP contribution in [0.15, 0.2) is 36.4 Å². The molecule has 0 unspecified atom stereocenters. The standard InChI is InChI=1S/C22H22O6/c1-13-5-7-15-17(9-13)21(27-11-19(23)25-3)16-8-6-14(2)10-18(16)22(15)28-12-20(24)26-4/h5-10H,11-12H2,1-4H3. The third-order valence-electron chi connectivity index (χ3n) is 4.45. The van der Waals surface area contributed by atoms with Gasteiger partial charge in [0.05, 0.1) is 14.2 Å². The van der Waals surface area contributed by atoms with Crippen LogP contribution in [-0.2, 0) is 19.1 Å². The second-order valence-electron chi connectivity index (χ2n) is 6.49. The van der Waals surface area contributed by atoms with Crippen LogP contribution >= 0.6 is 0 Å². The monoisotopic (exact) mass is 382 g/mol. The summed E-state index contributed by atoms with van der Waals surface area (Å²) in [7, 11) is 2.64. The molecule has 146 valence electrons. The molecule has 28 heavy (non-hydrogen) atoms. The number of hydrogen-bond donors (Lipinski definition) is 0. The summed E-state index contributed by atoms with van der Waals surface area (Å²) in [4.78, 5) is 23.3. The molecule has 0 heterocycles. The molecule has 0 saturated carbocycles. The Balaban J connectivity index is 2.27. The van der Waals surface area contributed by atoms with Gasteiger partial charge >= 0.3 is 11.9 Å². The molecule has 0 aliphatic carbocycles. The molecule has 3 rings (SSSR count). The fraction of sp³-hybridized carbons (Fsp3) is 0.273. The Morgan fingerprint density at radius 3 is 1.43 bits per heavy atom. The topological polar surface area (TPSA) is 71.1 Å². The number of ether oxygens (including phenoxy) is 4. The van der Waals surface area contributed by atoms with E-state index >= 15 is 0 Å². The quantitative estimate of drug-likeness (QED) is 0.478. The van der Waals surface area contributed by atoms with Crippen molar-refractivity contribution < 1.29 is 28.5 Å². The van der Waals surface area contributed by atoms with Crippen molar-refractivity contribution in [3.05, 3.63) is 47.5 Å². The Labute approximate surface area is 162 Å². The molecular weight excluding hydrogens is 360 g/mol. The zero-order valence-electron chi connectivity index (χ0n) is 16.3. The van der Waals surface area contributed by atoms with E-state index in [2.05, 4.69) is 0 Å². The molecule has 0 bridgehead atoms. The summed E-state index contributed by atoms with van der Waals surface area (Å²) in [5.74, 6) is 0.216. The number of aryl methyl sites for hydroxylation is 2. The number of fused-ring (bicyclic) bond motifs is 2. The molecule has 6 nitrogen and oxygen atoms in total. The average molecular weight is 382 g/mol. The molecule has 0 aliphatic rings. The Kier molecular flexibility index (Phi) is 5.68. The van der Waals surface area contributed by atoms with Gasteiger partial charge < -0.3 is 18.9 Å². The molecule has 3 aromatic rings. The van der Waals surface area contributed by atoms with Gasteiger partial charge in [-0.2, -0.15) is 0 Å². The lowest BCUT2D eigenvalue weighted by Crippen LogP contribution is -2.14. The Morgan fingerprint density at radius 1 is 0.679 bits per heavy atom. The van der Waals surface area contributed by atoms with Crippen LogP contribution in [0.3, 0.4) is 0 Å². The normalized spacial score (nSPS) is 10.7. The number of benzene rings is 3. The van der Waals surface area contributed by atoms with Gasteiger partial charge in [-0.05, 0) is 26.0 Å². The third-order valence-corrected chi connectivity index (χ3v) is 4.45. The maximum atomic E-state index is 11.6. The summed E-state index contributed by atoms with van der Waals surface area (Å²) in [5, 5.41) is 3.15. The molecule has 0 radical (unpaired) electrons. The summed E-state index contributed by atoms with van der Waals surface area (Å²) in [6, 6.07) is 11.7. The van der Waals surface area contributed by atoms with E-state index in [1.165, 1.54) is 14.2 Å². The summed E-state index contributed by atoms with van der Waals surface area (Å²) in [5.41, 5.74) is 2.06. The van der Waals surface area contributed by atoms with Crippen molar-refractivity contribution in [2.24, 2.45) is 0 Å². The fourth-order valence-corrected chi connectivity index (χ4v) is 3.07. The number of carbonyl (C=O) groups excluding carboxylic acids is 2. The van der Waals surface area contributed by atoms with Crippen molar-refractivity contribution in [2.75, 3.05) is 27.4 Å². The predicted octanol–water partition coefficient (Wildman–Crippen LogP) is 3.71. The molecule has 0 N–H and O–H groups in total. The molecule has 6 heteroatoms. The van der Waals surface area contributed by atoms with Crippen LogP contribution in [0.1, 0.15) is 11.1 Å². The molecule has 0 amide bonds. The second kappa shape index (κ2) is 8.17. The first kappa shape index (κ1) is 19.5. The van der Waals surface area contributed by atoms with Gasteiger partial charge in [0.15, 0.2) is 13.2 Å². The van der Waals surface area contributed by atoms with Crippen LogP contribution in [0.5, 0.6) is 11.5 Å². The highest BCUT2D eigenvalue weighted by atomic mass is 16.6. The lowest BCUT2D eigenvalue weighted by molar-refractivity contribution is -0.143. The largest absolute Gasteiger partial charge is 0.481 e. The van der Waals surface area contributed by atoms with Gasteiger partial charge in [0.25, 0.3) is 0 Å². The highest BCUT2D eigenvalue weighted by molar-refractivity contribution is 6.11. The predicted molar refractivity (Wildman–Crippen MR) is 106 cm³/mol. The van der Waals surface area contributed by atoms with Crippen molar-refractivity contribution in [3.8, 4) is 11.5 Å². The Bertz CT molecular complexity index is 969. The van der Waals surface area contributed by atoms with Gasteiger partial charge in [-0.15, -0.1) is 0 Å². The molecule has 0 fully saturated rings. The van der Waals surface area contributed by atoms with Gasteiger partial charge in [0.2, 0.25) is 0 Å². The number of esters is 2. The second-order valence-corrected chi connectivity index (χ2v) is 6.49. The zero-order chi connectivity index (χ0) is 20.3. The van der Waals surface area contributed by atoms with Crippen molar-refractivity contribution in [3.63, 3.8) is 0 Å². The first-order valence-electron chi connectivity index (χ1n) is 8.80. The van der Waals surface area contributed by atoms with Gasteiger partial charge in [0.1, 0.15) is 11.5 Å². The zero-order valence-corrected chi connectivity index (χ0v) is 16.3. The van der Waals surface area contributed by atoms with E-state index in [9.17, 15) is 9.59 Å². The van der Waals surface area contributed by atoms with Crippen molar-refractivity contribution >= 4 is 33.5 Å². The molecule has 3 aromatic carbocycles. The lowest BCUT2D eigenvalue weighted by atomic mass is 9.98. The number of hydrogen-bond acceptors (Lipinski definition) is 6. The third kappa shape index (κ3) is 3.86. The Hall–Kier alpha value is -3.28. The van der Waals surface area contributed by atoms with Crippen LogP contribution < -0.4 is 9.47 Å². The molecule has 0 atom stereocenters. The van der Waals surface area contributed by atoms with Gasteiger partial charge in [-0.25, -0.2) is 9.59 Å². The minimum atomic E-state index is -0.466. The minimum absolute atomic E-state index is 0.203. The lowest BCUT2D eigenvalue weighted by Gasteiger charge is -2.18. The summed E-state index contributed by atoms with van der Waals surface area (Å²) >= 11 is 0. The average Bonchev–Trinajstić information content (AvgIpc) is 2.69. The van der Waals surface area contributed by atoms with Crippen molar-refractivity contribution in [2.45, 2.75) is 13.8 Å². The van der Waals surface area contributed by atoms with Gasteiger partial charge in [-0.3, -0.25) is 0 Å². The van der Waals surface area contributed by atoms with E-state index in [4.69, 9.17) is 18.9 Å². The van der Waals surface area contributed by atoms with Gasteiger partial charge in [-0.1, -0.05) is 35.4 Å². The smallest absolute Gasteiger partial charge is 0.343 e. The van der Waals surface area contributed by atoms with Crippen LogP contribution in [0, 0.1) is 13.8 Å². The number of carbonyl (C=O) groups is 2.